The fourth-order valence-corrected chi connectivity index (χ4v) is 6.44. The quantitative estimate of drug-likeness (QED) is 0.515. The van der Waals surface area contributed by atoms with E-state index in [1.54, 1.807) is 0 Å². The zero-order chi connectivity index (χ0) is 27.6. The Hall–Kier alpha value is -3.40. The van der Waals surface area contributed by atoms with Gasteiger partial charge in [0.2, 0.25) is 5.91 Å². The Kier molecular flexibility index (Phi) is 7.78. The molecule has 3 fully saturated rings. The molecule has 3 aliphatic rings. The topological polar surface area (TPSA) is 73.3 Å². The Labute approximate surface area is 236 Å². The number of likely N-dealkylation sites (N-methyl/N-ethyl adjacent to an activating group) is 1. The first-order valence-corrected chi connectivity index (χ1v) is 14.5. The van der Waals surface area contributed by atoms with Gasteiger partial charge in [0.25, 0.3) is 5.91 Å². The molecule has 0 saturated carbocycles. The van der Waals surface area contributed by atoms with E-state index in [2.05, 4.69) is 51.3 Å². The van der Waals surface area contributed by atoms with Crippen LogP contribution in [0.3, 0.4) is 0 Å². The fraction of sp³-hybridized carbons (Fsp3) is 0.484. The summed E-state index contributed by atoms with van der Waals surface area (Å²) >= 11 is 0. The number of morpholine rings is 1. The maximum atomic E-state index is 13.4. The normalized spacial score (nSPS) is 20.8. The Morgan fingerprint density at radius 1 is 0.925 bits per heavy atom. The zero-order valence-electron chi connectivity index (χ0n) is 23.6. The number of piperazine rings is 1. The highest BCUT2D eigenvalue weighted by molar-refractivity contribution is 6.07. The molecule has 1 atom stereocenters. The maximum Gasteiger partial charge on any atom is 0.272 e. The van der Waals surface area contributed by atoms with Gasteiger partial charge in [-0.05, 0) is 56.3 Å². The van der Waals surface area contributed by atoms with Crippen molar-refractivity contribution in [2.45, 2.75) is 25.4 Å². The van der Waals surface area contributed by atoms with E-state index in [1.807, 2.05) is 40.8 Å². The highest BCUT2D eigenvalue weighted by Gasteiger charge is 2.33. The Balaban J connectivity index is 1.13. The molecule has 9 heteroatoms. The number of hydrogen-bond donors (Lipinski definition) is 1. The van der Waals surface area contributed by atoms with Gasteiger partial charge in [-0.2, -0.15) is 0 Å². The summed E-state index contributed by atoms with van der Waals surface area (Å²) in [5.74, 6) is 0.170. The van der Waals surface area contributed by atoms with E-state index < -0.39 is 0 Å². The number of nitrogens with one attached hydrogen (secondary N) is 1. The third-order valence-corrected chi connectivity index (χ3v) is 8.74. The molecule has 3 aliphatic heterocycles. The minimum Gasteiger partial charge on any atom is -0.378 e. The number of benzene rings is 2. The van der Waals surface area contributed by atoms with E-state index in [1.165, 1.54) is 5.56 Å². The van der Waals surface area contributed by atoms with Crippen molar-refractivity contribution < 1.29 is 14.3 Å². The number of amides is 2. The lowest BCUT2D eigenvalue weighted by Gasteiger charge is -2.37. The number of nitrogens with zero attached hydrogens (tertiary/aromatic N) is 5. The number of para-hydroxylation sites is 1. The molecule has 0 aliphatic carbocycles. The SMILES string of the molecule is CN1CCC[C@H]1C(=O)N1CCN(Cc2cccc3cc(C(=O)Nc4cccc(N5CCOCC5)c4)n(C)c23)CC1. The third-order valence-electron chi connectivity index (χ3n) is 8.74. The van der Waals surface area contributed by atoms with Crippen molar-refractivity contribution in [1.29, 1.82) is 0 Å². The molecule has 1 N–H and O–H groups in total. The van der Waals surface area contributed by atoms with Crippen LogP contribution in [0.15, 0.2) is 48.5 Å². The lowest BCUT2D eigenvalue weighted by Crippen LogP contribution is -2.52. The molecule has 3 aromatic rings. The molecule has 0 spiro atoms. The number of fused-ring (bicyclic) bond motifs is 1. The minimum absolute atomic E-state index is 0.0510. The summed E-state index contributed by atoms with van der Waals surface area (Å²) in [4.78, 5) is 35.4. The Morgan fingerprint density at radius 2 is 1.70 bits per heavy atom. The highest BCUT2D eigenvalue weighted by atomic mass is 16.5. The molecule has 0 bridgehead atoms. The second-order valence-corrected chi connectivity index (χ2v) is 11.3. The molecule has 1 aromatic heterocycles. The molecule has 40 heavy (non-hydrogen) atoms. The Bertz CT molecular complexity index is 1370. The lowest BCUT2D eigenvalue weighted by atomic mass is 10.1. The van der Waals surface area contributed by atoms with Gasteiger partial charge in [-0.3, -0.25) is 19.4 Å². The third kappa shape index (κ3) is 5.46. The first kappa shape index (κ1) is 26.8. The summed E-state index contributed by atoms with van der Waals surface area (Å²) in [6, 6.07) is 16.4. The van der Waals surface area contributed by atoms with Gasteiger partial charge >= 0.3 is 0 Å². The standard InChI is InChI=1S/C31H40N6O3/c1-33-11-5-10-27(33)31(39)37-14-12-35(13-15-37)22-24-7-3-6-23-20-28(34(2)29(23)24)30(38)32-25-8-4-9-26(21-25)36-16-18-40-19-17-36/h3-4,6-9,20-21,27H,5,10-19,22H2,1-2H3,(H,32,38)/t27-/m0/s1. The number of aromatic nitrogens is 1. The van der Waals surface area contributed by atoms with Crippen molar-refractivity contribution in [3.63, 3.8) is 0 Å². The van der Waals surface area contributed by atoms with Crippen LogP contribution in [-0.2, 0) is 23.1 Å². The van der Waals surface area contributed by atoms with Crippen LogP contribution in [0.25, 0.3) is 10.9 Å². The summed E-state index contributed by atoms with van der Waals surface area (Å²) in [7, 11) is 4.03. The molecule has 2 amide bonds. The second kappa shape index (κ2) is 11.6. The maximum absolute atomic E-state index is 13.4. The largest absolute Gasteiger partial charge is 0.378 e. The number of ether oxygens (including phenoxy) is 1. The van der Waals surface area contributed by atoms with Gasteiger partial charge in [-0.1, -0.05) is 24.3 Å². The first-order valence-electron chi connectivity index (χ1n) is 14.5. The molecular weight excluding hydrogens is 504 g/mol. The molecule has 212 valence electrons. The summed E-state index contributed by atoms with van der Waals surface area (Å²) in [6.07, 6.45) is 2.08. The summed E-state index contributed by atoms with van der Waals surface area (Å²) in [5, 5.41) is 4.17. The molecule has 2 aromatic carbocycles. The number of anilines is 2. The minimum atomic E-state index is -0.118. The van der Waals surface area contributed by atoms with Crippen molar-refractivity contribution in [1.82, 2.24) is 19.3 Å². The van der Waals surface area contributed by atoms with Gasteiger partial charge in [0.1, 0.15) is 5.69 Å². The Morgan fingerprint density at radius 3 is 2.45 bits per heavy atom. The fourth-order valence-electron chi connectivity index (χ4n) is 6.44. The number of hydrogen-bond acceptors (Lipinski definition) is 6. The van der Waals surface area contributed by atoms with Gasteiger partial charge in [0.05, 0.1) is 24.8 Å². The van der Waals surface area contributed by atoms with Crippen LogP contribution in [0, 0.1) is 0 Å². The monoisotopic (exact) mass is 544 g/mol. The van der Waals surface area contributed by atoms with Crippen molar-refractivity contribution >= 4 is 34.1 Å². The zero-order valence-corrected chi connectivity index (χ0v) is 23.6. The van der Waals surface area contributed by atoms with Gasteiger partial charge < -0.3 is 24.4 Å². The predicted molar refractivity (Wildman–Crippen MR) is 158 cm³/mol. The molecular formula is C31H40N6O3. The first-order chi connectivity index (χ1) is 19.5. The smallest absolute Gasteiger partial charge is 0.272 e. The molecule has 9 nitrogen and oxygen atoms in total. The van der Waals surface area contributed by atoms with E-state index in [0.29, 0.717) is 5.69 Å². The number of rotatable bonds is 6. The van der Waals surface area contributed by atoms with Gasteiger partial charge in [-0.15, -0.1) is 0 Å². The number of carbonyl (C=O) groups is 2. The number of carbonyl (C=O) groups excluding carboxylic acids is 2. The van der Waals surface area contributed by atoms with E-state index >= 15 is 0 Å². The van der Waals surface area contributed by atoms with Crippen LogP contribution in [-0.4, -0.2) is 103 Å². The summed E-state index contributed by atoms with van der Waals surface area (Å²) in [5.41, 5.74) is 4.80. The highest BCUT2D eigenvalue weighted by Crippen LogP contribution is 2.26. The van der Waals surface area contributed by atoms with Crippen LogP contribution in [0.1, 0.15) is 28.9 Å². The van der Waals surface area contributed by atoms with Crippen molar-refractivity contribution in [3.05, 3.63) is 59.8 Å². The summed E-state index contributed by atoms with van der Waals surface area (Å²) < 4.78 is 7.49. The van der Waals surface area contributed by atoms with Gasteiger partial charge in [0.15, 0.2) is 0 Å². The molecule has 6 rings (SSSR count). The molecule has 0 unspecified atom stereocenters. The predicted octanol–water partition coefficient (Wildman–Crippen LogP) is 3.01. The number of likely N-dealkylation sites (tertiary alicyclic amines) is 1. The summed E-state index contributed by atoms with van der Waals surface area (Å²) in [6.45, 7) is 8.21. The number of aryl methyl sites for hydroxylation is 1. The lowest BCUT2D eigenvalue weighted by molar-refractivity contribution is -0.137. The van der Waals surface area contributed by atoms with Crippen molar-refractivity contribution in [2.75, 3.05) is 76.3 Å². The van der Waals surface area contributed by atoms with E-state index in [0.717, 1.165) is 101 Å². The molecule has 3 saturated heterocycles. The van der Waals surface area contributed by atoms with E-state index in [4.69, 9.17) is 4.74 Å². The average Bonchev–Trinajstić information content (AvgIpc) is 3.57. The van der Waals surface area contributed by atoms with Crippen molar-refractivity contribution in [3.8, 4) is 0 Å². The molecule has 4 heterocycles. The second-order valence-electron chi connectivity index (χ2n) is 11.3. The van der Waals surface area contributed by atoms with Crippen LogP contribution >= 0.6 is 0 Å². The van der Waals surface area contributed by atoms with Crippen LogP contribution in [0.5, 0.6) is 0 Å². The van der Waals surface area contributed by atoms with Gasteiger partial charge in [0, 0.05) is 69.6 Å². The average molecular weight is 545 g/mol. The van der Waals surface area contributed by atoms with Crippen LogP contribution in [0.4, 0.5) is 11.4 Å². The van der Waals surface area contributed by atoms with Crippen LogP contribution < -0.4 is 10.2 Å². The van der Waals surface area contributed by atoms with Gasteiger partial charge in [-0.25, -0.2) is 0 Å². The van der Waals surface area contributed by atoms with E-state index in [-0.39, 0.29) is 17.9 Å². The molecule has 0 radical (unpaired) electrons. The van der Waals surface area contributed by atoms with Crippen molar-refractivity contribution in [2.24, 2.45) is 7.05 Å². The van der Waals surface area contributed by atoms with E-state index in [9.17, 15) is 9.59 Å². The van der Waals surface area contributed by atoms with Crippen LogP contribution in [0.2, 0.25) is 0 Å².